The summed E-state index contributed by atoms with van der Waals surface area (Å²) < 4.78 is 15.3. The van der Waals surface area contributed by atoms with Gasteiger partial charge in [0.15, 0.2) is 0 Å². The van der Waals surface area contributed by atoms with E-state index in [1.165, 1.54) is 0 Å². The minimum atomic E-state index is -0.294. The van der Waals surface area contributed by atoms with Crippen molar-refractivity contribution in [2.45, 2.75) is 33.6 Å². The molecular formula is C12H24O4. The molecule has 0 radical (unpaired) electrons. The van der Waals surface area contributed by atoms with Crippen molar-refractivity contribution in [3.05, 3.63) is 0 Å². The van der Waals surface area contributed by atoms with Crippen LogP contribution in [0.2, 0.25) is 0 Å². The van der Waals surface area contributed by atoms with Crippen molar-refractivity contribution in [2.75, 3.05) is 33.0 Å². The third-order valence-electron chi connectivity index (χ3n) is 1.80. The van der Waals surface area contributed by atoms with Gasteiger partial charge >= 0.3 is 5.97 Å². The molecule has 0 saturated heterocycles. The molecular weight excluding hydrogens is 208 g/mol. The lowest BCUT2D eigenvalue weighted by Crippen LogP contribution is -2.16. The van der Waals surface area contributed by atoms with Gasteiger partial charge in [0, 0.05) is 6.61 Å². The lowest BCUT2D eigenvalue weighted by Gasteiger charge is -2.07. The molecule has 16 heavy (non-hydrogen) atoms. The minimum Gasteiger partial charge on any atom is -0.464 e. The smallest absolute Gasteiger partial charge is 0.332 e. The van der Waals surface area contributed by atoms with Crippen LogP contribution in [0.25, 0.3) is 0 Å². The Hall–Kier alpha value is -0.610. The molecule has 0 fully saturated rings. The van der Waals surface area contributed by atoms with Gasteiger partial charge in [-0.05, 0) is 12.3 Å². The first-order chi connectivity index (χ1) is 7.66. The zero-order chi connectivity index (χ0) is 12.2. The number of ether oxygens (including phenoxy) is 3. The summed E-state index contributed by atoms with van der Waals surface area (Å²) in [6.45, 7) is 8.44. The largest absolute Gasteiger partial charge is 0.464 e. The van der Waals surface area contributed by atoms with Gasteiger partial charge in [0.2, 0.25) is 0 Å². The van der Waals surface area contributed by atoms with Crippen molar-refractivity contribution in [3.63, 3.8) is 0 Å². The molecule has 0 aliphatic heterocycles. The van der Waals surface area contributed by atoms with Gasteiger partial charge < -0.3 is 14.2 Å². The van der Waals surface area contributed by atoms with Crippen molar-refractivity contribution in [1.29, 1.82) is 0 Å². The molecule has 0 aromatic carbocycles. The Morgan fingerprint density at radius 3 is 2.44 bits per heavy atom. The van der Waals surface area contributed by atoms with Crippen LogP contribution in [0.4, 0.5) is 0 Å². The van der Waals surface area contributed by atoms with Gasteiger partial charge in [-0.1, -0.05) is 27.2 Å². The second kappa shape index (κ2) is 10.9. The summed E-state index contributed by atoms with van der Waals surface area (Å²) >= 11 is 0. The highest BCUT2D eigenvalue weighted by Gasteiger charge is 2.02. The summed E-state index contributed by atoms with van der Waals surface area (Å²) in [4.78, 5) is 11.1. The van der Waals surface area contributed by atoms with E-state index in [-0.39, 0.29) is 12.6 Å². The Bertz CT molecular complexity index is 168. The number of carbonyl (C=O) groups excluding carboxylic acids is 1. The summed E-state index contributed by atoms with van der Waals surface area (Å²) in [5.41, 5.74) is 0. The highest BCUT2D eigenvalue weighted by molar-refractivity contribution is 5.70. The summed E-state index contributed by atoms with van der Waals surface area (Å²) in [5, 5.41) is 0. The fourth-order valence-corrected chi connectivity index (χ4v) is 0.964. The molecule has 0 aromatic heterocycles. The van der Waals surface area contributed by atoms with Crippen LogP contribution in [0.5, 0.6) is 0 Å². The van der Waals surface area contributed by atoms with E-state index < -0.39 is 0 Å². The molecule has 0 rings (SSSR count). The first kappa shape index (κ1) is 15.4. The molecule has 0 unspecified atom stereocenters. The average molecular weight is 232 g/mol. The maximum atomic E-state index is 11.1. The Morgan fingerprint density at radius 2 is 1.81 bits per heavy atom. The summed E-state index contributed by atoms with van der Waals surface area (Å²) in [7, 11) is 0. The van der Waals surface area contributed by atoms with Crippen LogP contribution in [-0.2, 0) is 19.0 Å². The van der Waals surface area contributed by atoms with Crippen molar-refractivity contribution in [2.24, 2.45) is 5.92 Å². The van der Waals surface area contributed by atoms with E-state index in [1.807, 2.05) is 0 Å². The predicted octanol–water partition coefficient (Wildman–Crippen LogP) is 2.02. The Labute approximate surface area is 98.3 Å². The Morgan fingerprint density at radius 1 is 1.12 bits per heavy atom. The molecule has 0 aliphatic carbocycles. The third-order valence-corrected chi connectivity index (χ3v) is 1.80. The first-order valence-electron chi connectivity index (χ1n) is 5.98. The lowest BCUT2D eigenvalue weighted by atomic mass is 10.2. The quantitative estimate of drug-likeness (QED) is 0.427. The highest BCUT2D eigenvalue weighted by atomic mass is 16.6. The molecule has 0 heterocycles. The number of hydrogen-bond donors (Lipinski definition) is 0. The molecule has 4 heteroatoms. The van der Waals surface area contributed by atoms with Crippen LogP contribution in [0.3, 0.4) is 0 Å². The van der Waals surface area contributed by atoms with Crippen molar-refractivity contribution >= 4 is 5.97 Å². The van der Waals surface area contributed by atoms with Crippen LogP contribution in [0, 0.1) is 5.92 Å². The standard InChI is InChI=1S/C12H24O4/c1-4-5-6-16-12(13)10-15-8-7-14-9-11(2)3/h11H,4-10H2,1-3H3. The topological polar surface area (TPSA) is 44.8 Å². The van der Waals surface area contributed by atoms with Gasteiger partial charge in [-0.2, -0.15) is 0 Å². The lowest BCUT2D eigenvalue weighted by molar-refractivity contribution is -0.149. The summed E-state index contributed by atoms with van der Waals surface area (Å²) in [6.07, 6.45) is 1.93. The zero-order valence-electron chi connectivity index (χ0n) is 10.7. The van der Waals surface area contributed by atoms with Gasteiger partial charge in [0.1, 0.15) is 6.61 Å². The van der Waals surface area contributed by atoms with E-state index >= 15 is 0 Å². The van der Waals surface area contributed by atoms with E-state index in [2.05, 4.69) is 20.8 Å². The molecule has 0 atom stereocenters. The van der Waals surface area contributed by atoms with Crippen LogP contribution < -0.4 is 0 Å². The molecule has 0 amide bonds. The van der Waals surface area contributed by atoms with Crippen molar-refractivity contribution in [1.82, 2.24) is 0 Å². The van der Waals surface area contributed by atoms with Crippen LogP contribution >= 0.6 is 0 Å². The van der Waals surface area contributed by atoms with Crippen molar-refractivity contribution in [3.8, 4) is 0 Å². The molecule has 0 saturated carbocycles. The van der Waals surface area contributed by atoms with Crippen LogP contribution in [0.1, 0.15) is 33.6 Å². The van der Waals surface area contributed by atoms with Gasteiger partial charge in [-0.3, -0.25) is 0 Å². The zero-order valence-corrected chi connectivity index (χ0v) is 10.7. The molecule has 0 bridgehead atoms. The van der Waals surface area contributed by atoms with E-state index in [0.29, 0.717) is 25.7 Å². The van der Waals surface area contributed by atoms with E-state index in [4.69, 9.17) is 14.2 Å². The molecule has 0 N–H and O–H groups in total. The number of hydrogen-bond acceptors (Lipinski definition) is 4. The highest BCUT2D eigenvalue weighted by Crippen LogP contribution is 1.92. The van der Waals surface area contributed by atoms with Gasteiger partial charge in [-0.25, -0.2) is 4.79 Å². The number of esters is 1. The van der Waals surface area contributed by atoms with E-state index in [0.717, 1.165) is 19.4 Å². The number of rotatable bonds is 10. The van der Waals surface area contributed by atoms with Gasteiger partial charge in [0.05, 0.1) is 19.8 Å². The van der Waals surface area contributed by atoms with Gasteiger partial charge in [-0.15, -0.1) is 0 Å². The normalized spacial score (nSPS) is 10.8. The van der Waals surface area contributed by atoms with Crippen molar-refractivity contribution < 1.29 is 19.0 Å². The fourth-order valence-electron chi connectivity index (χ4n) is 0.964. The predicted molar refractivity (Wildman–Crippen MR) is 62.3 cm³/mol. The van der Waals surface area contributed by atoms with E-state index in [9.17, 15) is 4.79 Å². The molecule has 0 aromatic rings. The molecule has 0 spiro atoms. The molecule has 0 aliphatic rings. The second-order valence-corrected chi connectivity index (χ2v) is 4.10. The average Bonchev–Trinajstić information content (AvgIpc) is 2.23. The van der Waals surface area contributed by atoms with Crippen LogP contribution in [0.15, 0.2) is 0 Å². The SMILES string of the molecule is CCCCOC(=O)COCCOCC(C)C. The monoisotopic (exact) mass is 232 g/mol. The fraction of sp³-hybridized carbons (Fsp3) is 0.917. The molecule has 4 nitrogen and oxygen atoms in total. The maximum Gasteiger partial charge on any atom is 0.332 e. The van der Waals surface area contributed by atoms with Gasteiger partial charge in [0.25, 0.3) is 0 Å². The third kappa shape index (κ3) is 11.5. The maximum absolute atomic E-state index is 11.1. The summed E-state index contributed by atoms with van der Waals surface area (Å²) in [6, 6.07) is 0. The minimum absolute atomic E-state index is 0.0226. The second-order valence-electron chi connectivity index (χ2n) is 4.10. The Kier molecular flexibility index (Phi) is 10.5. The molecule has 96 valence electrons. The van der Waals surface area contributed by atoms with Crippen LogP contribution in [-0.4, -0.2) is 39.0 Å². The number of carbonyl (C=O) groups is 1. The number of unbranched alkanes of at least 4 members (excludes halogenated alkanes) is 1. The summed E-state index contributed by atoms with van der Waals surface area (Å²) in [5.74, 6) is 0.233. The van der Waals surface area contributed by atoms with E-state index in [1.54, 1.807) is 0 Å². The Balaban J connectivity index is 3.15. The first-order valence-corrected chi connectivity index (χ1v) is 5.98.